The van der Waals surface area contributed by atoms with Gasteiger partial charge in [-0.2, -0.15) is 4.68 Å². The standard InChI is InChI=1S/C20H19ClN6O3/c1-11-17(19(22)28)18(27-20(23-11)24-25-26-27)12-7-8-15(16(9-12)29-2)30-10-13-5-3-4-6-14(13)21/h3-9,18H,10H2,1-2H3,(H2,22,28)(H,23,24,26). The number of allylic oxidation sites excluding steroid dienone is 1. The molecule has 1 aromatic heterocycles. The third-order valence-corrected chi connectivity index (χ3v) is 5.19. The summed E-state index contributed by atoms with van der Waals surface area (Å²) >= 11 is 6.20. The average Bonchev–Trinajstić information content (AvgIpc) is 3.20. The first-order valence-corrected chi connectivity index (χ1v) is 9.47. The van der Waals surface area contributed by atoms with Crippen LogP contribution in [0.25, 0.3) is 0 Å². The zero-order valence-corrected chi connectivity index (χ0v) is 17.1. The number of nitrogens with two attached hydrogens (primary N) is 1. The monoisotopic (exact) mass is 426 g/mol. The fourth-order valence-corrected chi connectivity index (χ4v) is 3.57. The molecular formula is C20H19ClN6O3. The molecule has 0 spiro atoms. The van der Waals surface area contributed by atoms with Gasteiger partial charge < -0.3 is 20.5 Å². The van der Waals surface area contributed by atoms with E-state index in [1.54, 1.807) is 26.2 Å². The maximum absolute atomic E-state index is 12.2. The predicted molar refractivity (Wildman–Crippen MR) is 110 cm³/mol. The predicted octanol–water partition coefficient (Wildman–Crippen LogP) is 2.69. The van der Waals surface area contributed by atoms with E-state index in [1.807, 2.05) is 30.3 Å². The minimum Gasteiger partial charge on any atom is -0.493 e. The van der Waals surface area contributed by atoms with E-state index in [-0.39, 0.29) is 6.61 Å². The summed E-state index contributed by atoms with van der Waals surface area (Å²) in [6, 6.07) is 12.2. The first-order valence-electron chi connectivity index (χ1n) is 9.09. The summed E-state index contributed by atoms with van der Waals surface area (Å²) in [6.45, 7) is 2.04. The lowest BCUT2D eigenvalue weighted by Crippen LogP contribution is -2.31. The lowest BCUT2D eigenvalue weighted by Gasteiger charge is -2.27. The molecule has 0 radical (unpaired) electrons. The van der Waals surface area contributed by atoms with Crippen LogP contribution in [0.1, 0.15) is 24.1 Å². The lowest BCUT2D eigenvalue weighted by atomic mass is 9.95. The third-order valence-electron chi connectivity index (χ3n) is 4.82. The van der Waals surface area contributed by atoms with Crippen LogP contribution in [0.2, 0.25) is 5.02 Å². The molecule has 1 atom stereocenters. The number of hydrogen-bond acceptors (Lipinski definition) is 7. The van der Waals surface area contributed by atoms with Crippen LogP contribution in [0, 0.1) is 0 Å². The molecule has 3 aromatic rings. The number of tetrazole rings is 1. The number of nitrogens with one attached hydrogen (secondary N) is 1. The van der Waals surface area contributed by atoms with Gasteiger partial charge >= 0.3 is 0 Å². The Morgan fingerprint density at radius 3 is 2.80 bits per heavy atom. The number of amides is 1. The second-order valence-corrected chi connectivity index (χ2v) is 7.08. The number of nitrogens with zero attached hydrogens (tertiary/aromatic N) is 4. The van der Waals surface area contributed by atoms with Crippen LogP contribution in [-0.2, 0) is 11.4 Å². The number of methoxy groups -OCH3 is 1. The van der Waals surface area contributed by atoms with Crippen molar-refractivity contribution in [3.8, 4) is 11.5 Å². The van der Waals surface area contributed by atoms with Crippen molar-refractivity contribution in [3.63, 3.8) is 0 Å². The number of anilines is 1. The highest BCUT2D eigenvalue weighted by atomic mass is 35.5. The van der Waals surface area contributed by atoms with Crippen LogP contribution in [0.5, 0.6) is 11.5 Å². The molecule has 4 rings (SSSR count). The third kappa shape index (κ3) is 3.55. The first kappa shape index (κ1) is 19.7. The number of halogens is 1. The Balaban J connectivity index is 1.69. The number of primary amides is 1. The van der Waals surface area contributed by atoms with Gasteiger partial charge in [0.05, 0.1) is 12.7 Å². The van der Waals surface area contributed by atoms with Gasteiger partial charge in [0, 0.05) is 16.3 Å². The number of benzene rings is 2. The molecule has 0 saturated carbocycles. The van der Waals surface area contributed by atoms with Crippen molar-refractivity contribution in [3.05, 3.63) is 69.9 Å². The van der Waals surface area contributed by atoms with E-state index in [4.69, 9.17) is 26.8 Å². The van der Waals surface area contributed by atoms with Crippen molar-refractivity contribution in [2.45, 2.75) is 19.6 Å². The minimum atomic E-state index is -0.597. The number of carbonyl (C=O) groups excluding carboxylic acids is 1. The molecule has 1 aliphatic heterocycles. The van der Waals surface area contributed by atoms with Crippen LogP contribution < -0.4 is 20.5 Å². The molecule has 2 heterocycles. The van der Waals surface area contributed by atoms with E-state index >= 15 is 0 Å². The second-order valence-electron chi connectivity index (χ2n) is 6.67. The maximum Gasteiger partial charge on any atom is 0.248 e. The zero-order chi connectivity index (χ0) is 21.3. The topological polar surface area (TPSA) is 117 Å². The smallest absolute Gasteiger partial charge is 0.248 e. The number of rotatable bonds is 6. The van der Waals surface area contributed by atoms with E-state index in [1.165, 1.54) is 4.68 Å². The summed E-state index contributed by atoms with van der Waals surface area (Å²) in [5, 5.41) is 15.3. The van der Waals surface area contributed by atoms with E-state index < -0.39 is 11.9 Å². The molecule has 30 heavy (non-hydrogen) atoms. The fourth-order valence-electron chi connectivity index (χ4n) is 3.38. The lowest BCUT2D eigenvalue weighted by molar-refractivity contribution is -0.115. The summed E-state index contributed by atoms with van der Waals surface area (Å²) in [5.74, 6) is 0.882. The number of hydrogen-bond donors (Lipinski definition) is 2. The van der Waals surface area contributed by atoms with Crippen molar-refractivity contribution >= 4 is 23.5 Å². The minimum absolute atomic E-state index is 0.283. The first-order chi connectivity index (χ1) is 14.5. The molecule has 2 aromatic carbocycles. The molecule has 10 heteroatoms. The largest absolute Gasteiger partial charge is 0.493 e. The van der Waals surface area contributed by atoms with Gasteiger partial charge in [0.25, 0.3) is 0 Å². The zero-order valence-electron chi connectivity index (χ0n) is 16.3. The fraction of sp³-hybridized carbons (Fsp3) is 0.200. The quantitative estimate of drug-likeness (QED) is 0.622. The molecule has 0 saturated heterocycles. The van der Waals surface area contributed by atoms with Crippen molar-refractivity contribution < 1.29 is 14.3 Å². The molecule has 0 aliphatic carbocycles. The number of aromatic nitrogens is 4. The van der Waals surface area contributed by atoms with E-state index in [0.29, 0.717) is 33.7 Å². The summed E-state index contributed by atoms with van der Waals surface area (Å²) < 4.78 is 12.9. The normalized spacial score (nSPS) is 15.4. The maximum atomic E-state index is 12.2. The Kier molecular flexibility index (Phi) is 5.28. The average molecular weight is 427 g/mol. The molecule has 1 amide bonds. The summed E-state index contributed by atoms with van der Waals surface area (Å²) in [7, 11) is 1.54. The SMILES string of the molecule is COc1cc(C2C(C(N)=O)=C(C)Nc3nnnn32)ccc1OCc1ccccc1Cl. The van der Waals surface area contributed by atoms with E-state index in [0.717, 1.165) is 11.1 Å². The van der Waals surface area contributed by atoms with Crippen LogP contribution in [0.15, 0.2) is 53.7 Å². The van der Waals surface area contributed by atoms with Crippen LogP contribution in [0.4, 0.5) is 5.95 Å². The number of carbonyl (C=O) groups is 1. The van der Waals surface area contributed by atoms with Crippen molar-refractivity contribution in [2.75, 3.05) is 12.4 Å². The van der Waals surface area contributed by atoms with Crippen molar-refractivity contribution in [1.82, 2.24) is 20.2 Å². The van der Waals surface area contributed by atoms with Gasteiger partial charge in [-0.05, 0) is 41.1 Å². The molecule has 1 unspecified atom stereocenters. The Labute approximate surface area is 177 Å². The Bertz CT molecular complexity index is 1140. The van der Waals surface area contributed by atoms with Crippen LogP contribution >= 0.6 is 11.6 Å². The highest BCUT2D eigenvalue weighted by molar-refractivity contribution is 6.31. The molecule has 3 N–H and O–H groups in total. The van der Waals surface area contributed by atoms with Crippen LogP contribution in [0.3, 0.4) is 0 Å². The molecule has 9 nitrogen and oxygen atoms in total. The van der Waals surface area contributed by atoms with Crippen LogP contribution in [-0.4, -0.2) is 33.2 Å². The summed E-state index contributed by atoms with van der Waals surface area (Å²) in [6.07, 6.45) is 0. The van der Waals surface area contributed by atoms with Gasteiger partial charge in [-0.1, -0.05) is 41.0 Å². The molecule has 0 bridgehead atoms. The van der Waals surface area contributed by atoms with Gasteiger partial charge in [-0.3, -0.25) is 4.79 Å². The molecular weight excluding hydrogens is 408 g/mol. The molecule has 0 fully saturated rings. The summed E-state index contributed by atoms with van der Waals surface area (Å²) in [4.78, 5) is 12.2. The highest BCUT2D eigenvalue weighted by Gasteiger charge is 2.33. The molecule has 1 aliphatic rings. The van der Waals surface area contributed by atoms with Gasteiger partial charge in [-0.15, -0.1) is 0 Å². The van der Waals surface area contributed by atoms with Crippen molar-refractivity contribution in [2.24, 2.45) is 5.73 Å². The van der Waals surface area contributed by atoms with Gasteiger partial charge in [0.15, 0.2) is 11.5 Å². The van der Waals surface area contributed by atoms with Gasteiger partial charge in [0.1, 0.15) is 12.6 Å². The van der Waals surface area contributed by atoms with Gasteiger partial charge in [0.2, 0.25) is 11.9 Å². The van der Waals surface area contributed by atoms with Gasteiger partial charge in [-0.25, -0.2) is 0 Å². The van der Waals surface area contributed by atoms with E-state index in [2.05, 4.69) is 20.8 Å². The van der Waals surface area contributed by atoms with Crippen molar-refractivity contribution in [1.29, 1.82) is 0 Å². The number of fused-ring (bicyclic) bond motifs is 1. The Morgan fingerprint density at radius 1 is 1.27 bits per heavy atom. The second kappa shape index (κ2) is 8.03. The Morgan fingerprint density at radius 2 is 2.07 bits per heavy atom. The Hall–Kier alpha value is -3.59. The van der Waals surface area contributed by atoms with E-state index in [9.17, 15) is 4.79 Å². The molecule has 154 valence electrons. The summed E-state index contributed by atoms with van der Waals surface area (Å²) in [5.41, 5.74) is 8.18. The number of ether oxygens (including phenoxy) is 2. The highest BCUT2D eigenvalue weighted by Crippen LogP contribution is 2.38.